The van der Waals surface area contributed by atoms with Crippen LogP contribution >= 0.6 is 11.3 Å². The number of carbonyl (C=O) groups is 2. The van der Waals surface area contributed by atoms with E-state index in [1.807, 2.05) is 0 Å². The second-order valence-corrected chi connectivity index (χ2v) is 8.63. The molecule has 0 aliphatic heterocycles. The molecule has 0 spiro atoms. The van der Waals surface area contributed by atoms with Crippen LogP contribution in [0.15, 0.2) is 54.6 Å². The first-order valence-electron chi connectivity index (χ1n) is 10.0. The van der Waals surface area contributed by atoms with E-state index in [1.165, 1.54) is 47.0 Å². The first-order chi connectivity index (χ1) is 16.0. The molecule has 34 heavy (non-hydrogen) atoms. The fraction of sp³-hybridized carbons (Fsp3) is 0.174. The predicted molar refractivity (Wildman–Crippen MR) is 121 cm³/mol. The highest BCUT2D eigenvalue weighted by Gasteiger charge is 2.31. The van der Waals surface area contributed by atoms with E-state index in [0.29, 0.717) is 20.8 Å². The number of benzene rings is 2. The molecule has 0 saturated carbocycles. The number of aryl methyl sites for hydroxylation is 1. The van der Waals surface area contributed by atoms with E-state index in [9.17, 15) is 27.2 Å². The number of fused-ring (bicyclic) bond motifs is 1. The highest BCUT2D eigenvalue weighted by atomic mass is 32.1. The van der Waals surface area contributed by atoms with Crippen molar-refractivity contribution >= 4 is 39.1 Å². The van der Waals surface area contributed by atoms with Crippen molar-refractivity contribution in [3.05, 3.63) is 76.5 Å². The summed E-state index contributed by atoms with van der Waals surface area (Å²) in [6.45, 7) is 1.42. The molecule has 0 fully saturated rings. The molecule has 0 aliphatic carbocycles. The van der Waals surface area contributed by atoms with Crippen molar-refractivity contribution in [2.45, 2.75) is 13.1 Å². The van der Waals surface area contributed by atoms with Gasteiger partial charge in [-0.1, -0.05) is 12.1 Å². The van der Waals surface area contributed by atoms with Gasteiger partial charge in [-0.3, -0.25) is 9.59 Å². The summed E-state index contributed by atoms with van der Waals surface area (Å²) in [5.74, 6) is -1.45. The third kappa shape index (κ3) is 4.79. The topological polar surface area (TPSA) is 67.2 Å². The Morgan fingerprint density at radius 1 is 1.12 bits per heavy atom. The van der Waals surface area contributed by atoms with E-state index in [4.69, 9.17) is 0 Å². The molecule has 11 heteroatoms. The first-order valence-corrected chi connectivity index (χ1v) is 10.8. The van der Waals surface area contributed by atoms with E-state index < -0.39 is 29.4 Å². The van der Waals surface area contributed by atoms with E-state index in [1.54, 1.807) is 13.0 Å². The number of halogens is 4. The summed E-state index contributed by atoms with van der Waals surface area (Å²) in [6, 6.07) is 11.8. The largest absolute Gasteiger partial charge is 0.416 e. The molecule has 0 radical (unpaired) electrons. The number of aromatic nitrogens is 2. The van der Waals surface area contributed by atoms with Gasteiger partial charge >= 0.3 is 6.18 Å². The van der Waals surface area contributed by atoms with Crippen LogP contribution in [0.2, 0.25) is 0 Å². The fourth-order valence-electron chi connectivity index (χ4n) is 3.38. The van der Waals surface area contributed by atoms with Crippen LogP contribution in [0, 0.1) is 12.7 Å². The minimum atomic E-state index is -4.50. The molecule has 2 aromatic carbocycles. The second-order valence-electron chi connectivity index (χ2n) is 7.59. The lowest BCUT2D eigenvalue weighted by Gasteiger charge is -2.16. The molecule has 0 saturated heterocycles. The zero-order valence-corrected chi connectivity index (χ0v) is 18.8. The Bertz CT molecular complexity index is 1390. The van der Waals surface area contributed by atoms with Gasteiger partial charge in [0.15, 0.2) is 0 Å². The summed E-state index contributed by atoms with van der Waals surface area (Å²) >= 11 is 1.07. The van der Waals surface area contributed by atoms with Gasteiger partial charge in [0.25, 0.3) is 5.91 Å². The van der Waals surface area contributed by atoms with Crippen LogP contribution in [0.5, 0.6) is 0 Å². The van der Waals surface area contributed by atoms with Crippen molar-refractivity contribution in [2.75, 3.05) is 18.9 Å². The van der Waals surface area contributed by atoms with E-state index in [-0.39, 0.29) is 17.9 Å². The summed E-state index contributed by atoms with van der Waals surface area (Å²) < 4.78 is 54.1. The predicted octanol–water partition coefficient (Wildman–Crippen LogP) is 5.26. The van der Waals surface area contributed by atoms with Crippen molar-refractivity contribution in [1.82, 2.24) is 14.7 Å². The number of alkyl halides is 3. The number of nitrogens with one attached hydrogen (secondary N) is 1. The summed E-state index contributed by atoms with van der Waals surface area (Å²) in [7, 11) is 1.45. The molecule has 0 bridgehead atoms. The van der Waals surface area contributed by atoms with Gasteiger partial charge < -0.3 is 10.2 Å². The standard InChI is InChI=1S/C23H18F4N4O2S/c1-13-18-11-19(21(33)30(2)12-20(32)28-16-7-4-6-15(24)10-16)34-22(18)31(29-13)17-8-3-5-14(9-17)23(25,26)27/h3-11H,12H2,1-2H3,(H,28,32). The van der Waals surface area contributed by atoms with Crippen LogP contribution in [0.25, 0.3) is 15.9 Å². The number of carbonyl (C=O) groups excluding carboxylic acids is 2. The molecular weight excluding hydrogens is 472 g/mol. The number of hydrogen-bond donors (Lipinski definition) is 1. The molecule has 2 heterocycles. The molecule has 2 aromatic heterocycles. The molecule has 0 unspecified atom stereocenters. The quantitative estimate of drug-likeness (QED) is 0.388. The van der Waals surface area contributed by atoms with Crippen molar-refractivity contribution in [3.8, 4) is 5.69 Å². The number of nitrogens with zero attached hydrogens (tertiary/aromatic N) is 3. The first kappa shape index (κ1) is 23.4. The number of thiophene rings is 1. The van der Waals surface area contributed by atoms with Gasteiger partial charge in [0.2, 0.25) is 5.91 Å². The van der Waals surface area contributed by atoms with Crippen molar-refractivity contribution < 1.29 is 27.2 Å². The van der Waals surface area contributed by atoms with Crippen LogP contribution in [0.1, 0.15) is 20.9 Å². The molecule has 4 aromatic rings. The van der Waals surface area contributed by atoms with Crippen LogP contribution < -0.4 is 5.32 Å². The Morgan fingerprint density at radius 3 is 2.56 bits per heavy atom. The lowest BCUT2D eigenvalue weighted by molar-refractivity contribution is -0.137. The van der Waals surface area contributed by atoms with E-state index in [0.717, 1.165) is 29.5 Å². The average Bonchev–Trinajstić information content (AvgIpc) is 3.33. The van der Waals surface area contributed by atoms with E-state index in [2.05, 4.69) is 10.4 Å². The molecule has 0 atom stereocenters. The van der Waals surface area contributed by atoms with Crippen molar-refractivity contribution in [3.63, 3.8) is 0 Å². The zero-order valence-electron chi connectivity index (χ0n) is 18.0. The van der Waals surface area contributed by atoms with Crippen molar-refractivity contribution in [2.24, 2.45) is 0 Å². The van der Waals surface area contributed by atoms with E-state index >= 15 is 0 Å². The smallest absolute Gasteiger partial charge is 0.332 e. The van der Waals surface area contributed by atoms with Gasteiger partial charge in [-0.05, 0) is 49.4 Å². The molecule has 2 amide bonds. The van der Waals surface area contributed by atoms with Crippen LogP contribution in [0.4, 0.5) is 23.2 Å². The zero-order chi connectivity index (χ0) is 24.6. The van der Waals surface area contributed by atoms with Crippen molar-refractivity contribution in [1.29, 1.82) is 0 Å². The number of hydrogen-bond acceptors (Lipinski definition) is 4. The average molecular weight is 490 g/mol. The van der Waals surface area contributed by atoms with Gasteiger partial charge in [-0.15, -0.1) is 11.3 Å². The molecule has 6 nitrogen and oxygen atoms in total. The Hall–Kier alpha value is -3.73. The van der Waals surface area contributed by atoms with Gasteiger partial charge in [-0.2, -0.15) is 18.3 Å². The maximum absolute atomic E-state index is 13.3. The Morgan fingerprint density at radius 2 is 1.85 bits per heavy atom. The minimum Gasteiger partial charge on any atom is -0.332 e. The number of anilines is 1. The molecule has 0 aliphatic rings. The minimum absolute atomic E-state index is 0.219. The Kier molecular flexibility index (Phi) is 6.13. The van der Waals surface area contributed by atoms with Gasteiger partial charge in [0.05, 0.1) is 28.4 Å². The molecular formula is C23H18F4N4O2S. The normalized spacial score (nSPS) is 11.6. The lowest BCUT2D eigenvalue weighted by Crippen LogP contribution is -2.34. The number of rotatable bonds is 5. The maximum atomic E-state index is 13.3. The van der Waals surface area contributed by atoms with Crippen LogP contribution in [-0.2, 0) is 11.0 Å². The lowest BCUT2D eigenvalue weighted by atomic mass is 10.2. The Balaban J connectivity index is 1.56. The number of likely N-dealkylation sites (N-methyl/N-ethyl adjacent to an activating group) is 1. The highest BCUT2D eigenvalue weighted by Crippen LogP contribution is 2.34. The second kappa shape index (κ2) is 8.90. The molecule has 4 rings (SSSR count). The van der Waals surface area contributed by atoms with Gasteiger partial charge in [-0.25, -0.2) is 9.07 Å². The summed E-state index contributed by atoms with van der Waals surface area (Å²) in [5.41, 5.74) is 0.235. The highest BCUT2D eigenvalue weighted by molar-refractivity contribution is 7.20. The third-order valence-electron chi connectivity index (χ3n) is 5.01. The van der Waals surface area contributed by atoms with Gasteiger partial charge in [0, 0.05) is 18.1 Å². The summed E-state index contributed by atoms with van der Waals surface area (Å²) in [5, 5.41) is 7.48. The third-order valence-corrected chi connectivity index (χ3v) is 6.11. The molecule has 176 valence electrons. The maximum Gasteiger partial charge on any atom is 0.416 e. The monoisotopic (exact) mass is 490 g/mol. The SMILES string of the molecule is Cc1nn(-c2cccc(C(F)(F)F)c2)c2sc(C(=O)N(C)CC(=O)Nc3cccc(F)c3)cc12. The summed E-state index contributed by atoms with van der Waals surface area (Å²) in [4.78, 5) is 27.2. The fourth-order valence-corrected chi connectivity index (χ4v) is 4.56. The summed E-state index contributed by atoms with van der Waals surface area (Å²) in [6.07, 6.45) is -4.50. The van der Waals surface area contributed by atoms with Crippen LogP contribution in [0.3, 0.4) is 0 Å². The van der Waals surface area contributed by atoms with Crippen LogP contribution in [-0.4, -0.2) is 40.1 Å². The molecule has 1 N–H and O–H groups in total. The Labute approximate surface area is 195 Å². The number of amides is 2. The van der Waals surface area contributed by atoms with Gasteiger partial charge in [0.1, 0.15) is 10.6 Å².